The predicted molar refractivity (Wildman–Crippen MR) is 84.4 cm³/mol. The zero-order valence-corrected chi connectivity index (χ0v) is 13.2. The maximum absolute atomic E-state index is 12.9. The van der Waals surface area contributed by atoms with Crippen molar-refractivity contribution in [1.82, 2.24) is 4.90 Å². The number of hydrogen-bond acceptors (Lipinski definition) is 2. The highest BCUT2D eigenvalue weighted by Crippen LogP contribution is 2.42. The van der Waals surface area contributed by atoms with Gasteiger partial charge in [-0.1, -0.05) is 18.6 Å². The predicted octanol–water partition coefficient (Wildman–Crippen LogP) is 2.94. The normalized spacial score (nSPS) is 30.9. The van der Waals surface area contributed by atoms with E-state index in [-0.39, 0.29) is 17.6 Å². The van der Waals surface area contributed by atoms with Gasteiger partial charge in [-0.25, -0.2) is 4.39 Å². The lowest BCUT2D eigenvalue weighted by atomic mass is 9.65. The summed E-state index contributed by atoms with van der Waals surface area (Å²) in [5, 5.41) is 0. The number of halogens is 1. The summed E-state index contributed by atoms with van der Waals surface area (Å²) in [4.78, 5) is 14.5. The van der Waals surface area contributed by atoms with Crippen LogP contribution in [0.2, 0.25) is 0 Å². The summed E-state index contributed by atoms with van der Waals surface area (Å²) in [6.07, 6.45) is 5.47. The molecule has 2 unspecified atom stereocenters. The zero-order valence-electron chi connectivity index (χ0n) is 13.2. The summed E-state index contributed by atoms with van der Waals surface area (Å²) in [7, 11) is 1.84. The third-order valence-electron chi connectivity index (χ3n) is 5.47. The number of nitrogens with two attached hydrogens (primary N) is 1. The average Bonchev–Trinajstić information content (AvgIpc) is 2.48. The smallest absolute Gasteiger partial charge is 0.225 e. The number of rotatable bonds is 3. The third kappa shape index (κ3) is 3.17. The molecule has 0 aliphatic heterocycles. The van der Waals surface area contributed by atoms with E-state index in [1.807, 2.05) is 7.05 Å². The maximum Gasteiger partial charge on any atom is 0.225 e. The van der Waals surface area contributed by atoms with Gasteiger partial charge in [0, 0.05) is 25.6 Å². The van der Waals surface area contributed by atoms with Crippen molar-refractivity contribution in [3.8, 4) is 0 Å². The summed E-state index contributed by atoms with van der Waals surface area (Å²) in [6.45, 7) is 0.539. The molecule has 2 bridgehead atoms. The molecule has 0 heterocycles. The largest absolute Gasteiger partial charge is 0.341 e. The number of hydrogen-bond donors (Lipinski definition) is 1. The molecule has 1 aromatic carbocycles. The second kappa shape index (κ2) is 6.37. The molecule has 2 N–H and O–H groups in total. The van der Waals surface area contributed by atoms with Gasteiger partial charge in [-0.15, -0.1) is 0 Å². The minimum Gasteiger partial charge on any atom is -0.341 e. The van der Waals surface area contributed by atoms with E-state index in [0.717, 1.165) is 18.4 Å². The molecule has 22 heavy (non-hydrogen) atoms. The maximum atomic E-state index is 12.9. The average molecular weight is 304 g/mol. The summed E-state index contributed by atoms with van der Waals surface area (Å²) in [5.41, 5.74) is 7.26. The topological polar surface area (TPSA) is 46.3 Å². The molecule has 2 atom stereocenters. The van der Waals surface area contributed by atoms with Crippen LogP contribution in [0.15, 0.2) is 24.3 Å². The molecular formula is C18H25FN2O. The minimum atomic E-state index is -0.244. The van der Waals surface area contributed by atoms with Crippen molar-refractivity contribution < 1.29 is 9.18 Å². The second-order valence-electron chi connectivity index (χ2n) is 7.02. The summed E-state index contributed by atoms with van der Waals surface area (Å²) in [5.74, 6) is 1.11. The van der Waals surface area contributed by atoms with Gasteiger partial charge in [-0.3, -0.25) is 4.79 Å². The van der Waals surface area contributed by atoms with E-state index in [4.69, 9.17) is 5.73 Å². The molecule has 2 aliphatic carbocycles. The molecule has 0 aromatic heterocycles. The van der Waals surface area contributed by atoms with Crippen LogP contribution in [-0.4, -0.2) is 23.9 Å². The number of nitrogens with zero attached hydrogens (tertiary/aromatic N) is 1. The Balaban J connectivity index is 1.62. The van der Waals surface area contributed by atoms with Crippen molar-refractivity contribution in [2.45, 2.75) is 44.7 Å². The second-order valence-corrected chi connectivity index (χ2v) is 7.02. The van der Waals surface area contributed by atoms with E-state index in [1.165, 1.54) is 31.4 Å². The molecule has 3 nitrogen and oxygen atoms in total. The molecule has 4 heteroatoms. The molecule has 0 spiro atoms. The van der Waals surface area contributed by atoms with Gasteiger partial charge in [0.05, 0.1) is 0 Å². The van der Waals surface area contributed by atoms with Gasteiger partial charge in [-0.05, 0) is 55.2 Å². The first-order valence-corrected chi connectivity index (χ1v) is 8.29. The standard InChI is InChI=1S/C18H25FN2O/c1-21(11-12-5-7-16(19)8-6-12)18(22)15-9-13-3-2-4-14(10-15)17(13)20/h5-8,13-15,17H,2-4,9-11,20H2,1H3. The molecule has 1 aromatic rings. The number of carbonyl (C=O) groups is 1. The fourth-order valence-electron chi connectivity index (χ4n) is 4.24. The Morgan fingerprint density at radius 3 is 2.41 bits per heavy atom. The molecule has 2 saturated carbocycles. The molecule has 0 saturated heterocycles. The van der Waals surface area contributed by atoms with Crippen LogP contribution < -0.4 is 5.73 Å². The molecule has 2 fully saturated rings. The van der Waals surface area contributed by atoms with E-state index in [9.17, 15) is 9.18 Å². The number of amides is 1. The molecule has 2 aliphatic rings. The Morgan fingerprint density at radius 2 is 1.82 bits per heavy atom. The Kier molecular flexibility index (Phi) is 4.48. The molecule has 0 radical (unpaired) electrons. The summed E-state index contributed by atoms with van der Waals surface area (Å²) >= 11 is 0. The van der Waals surface area contributed by atoms with E-state index in [2.05, 4.69) is 0 Å². The summed E-state index contributed by atoms with van der Waals surface area (Å²) < 4.78 is 12.9. The molecule has 1 amide bonds. The minimum absolute atomic E-state index is 0.112. The summed E-state index contributed by atoms with van der Waals surface area (Å²) in [6, 6.07) is 6.66. The molecule has 120 valence electrons. The lowest BCUT2D eigenvalue weighted by Crippen LogP contribution is -2.49. The van der Waals surface area contributed by atoms with Crippen molar-refractivity contribution in [2.75, 3.05) is 7.05 Å². The Hall–Kier alpha value is -1.42. The van der Waals surface area contributed by atoms with E-state index >= 15 is 0 Å². The monoisotopic (exact) mass is 304 g/mol. The van der Waals surface area contributed by atoms with E-state index in [0.29, 0.717) is 24.4 Å². The lowest BCUT2D eigenvalue weighted by molar-refractivity contribution is -0.137. The van der Waals surface area contributed by atoms with Crippen LogP contribution in [0.4, 0.5) is 4.39 Å². The van der Waals surface area contributed by atoms with Gasteiger partial charge in [0.1, 0.15) is 5.82 Å². The van der Waals surface area contributed by atoms with Crippen LogP contribution in [-0.2, 0) is 11.3 Å². The first-order chi connectivity index (χ1) is 10.5. The van der Waals surface area contributed by atoms with Crippen molar-refractivity contribution in [2.24, 2.45) is 23.5 Å². The van der Waals surface area contributed by atoms with Crippen molar-refractivity contribution in [3.05, 3.63) is 35.6 Å². The zero-order chi connectivity index (χ0) is 15.7. The Bertz CT molecular complexity index is 516. The third-order valence-corrected chi connectivity index (χ3v) is 5.47. The fraction of sp³-hybridized carbons (Fsp3) is 0.611. The quantitative estimate of drug-likeness (QED) is 0.933. The number of fused-ring (bicyclic) bond motifs is 2. The number of carbonyl (C=O) groups excluding carboxylic acids is 1. The van der Waals surface area contributed by atoms with Gasteiger partial charge in [0.15, 0.2) is 0 Å². The Morgan fingerprint density at radius 1 is 1.23 bits per heavy atom. The number of benzene rings is 1. The van der Waals surface area contributed by atoms with Gasteiger partial charge in [0.2, 0.25) is 5.91 Å². The molecular weight excluding hydrogens is 279 g/mol. The van der Waals surface area contributed by atoms with Crippen molar-refractivity contribution in [1.29, 1.82) is 0 Å². The highest BCUT2D eigenvalue weighted by atomic mass is 19.1. The van der Waals surface area contributed by atoms with Crippen LogP contribution in [0.3, 0.4) is 0 Å². The van der Waals surface area contributed by atoms with Crippen molar-refractivity contribution >= 4 is 5.91 Å². The lowest BCUT2D eigenvalue weighted by Gasteiger charge is -2.44. The van der Waals surface area contributed by atoms with Crippen LogP contribution >= 0.6 is 0 Å². The van der Waals surface area contributed by atoms with Gasteiger partial charge in [-0.2, -0.15) is 0 Å². The van der Waals surface area contributed by atoms with Crippen LogP contribution in [0.5, 0.6) is 0 Å². The van der Waals surface area contributed by atoms with Gasteiger partial charge < -0.3 is 10.6 Å². The van der Waals surface area contributed by atoms with E-state index < -0.39 is 0 Å². The Labute approximate surface area is 131 Å². The van der Waals surface area contributed by atoms with Crippen LogP contribution in [0, 0.1) is 23.6 Å². The first-order valence-electron chi connectivity index (χ1n) is 8.29. The highest BCUT2D eigenvalue weighted by molar-refractivity contribution is 5.78. The molecule has 3 rings (SSSR count). The SMILES string of the molecule is CN(Cc1ccc(F)cc1)C(=O)C1CC2CCCC(C1)C2N. The first kappa shape index (κ1) is 15.5. The van der Waals surface area contributed by atoms with Gasteiger partial charge >= 0.3 is 0 Å². The highest BCUT2D eigenvalue weighted by Gasteiger charge is 2.41. The van der Waals surface area contributed by atoms with Gasteiger partial charge in [0.25, 0.3) is 0 Å². The van der Waals surface area contributed by atoms with Crippen molar-refractivity contribution in [3.63, 3.8) is 0 Å². The van der Waals surface area contributed by atoms with E-state index in [1.54, 1.807) is 17.0 Å². The van der Waals surface area contributed by atoms with Crippen LogP contribution in [0.1, 0.15) is 37.7 Å². The fourth-order valence-corrected chi connectivity index (χ4v) is 4.24. The van der Waals surface area contributed by atoms with Crippen LogP contribution in [0.25, 0.3) is 0 Å².